The summed E-state index contributed by atoms with van der Waals surface area (Å²) >= 11 is 0. The van der Waals surface area contributed by atoms with Gasteiger partial charge in [0.25, 0.3) is 0 Å². The van der Waals surface area contributed by atoms with Crippen LogP contribution in [-0.4, -0.2) is 9.97 Å². The molecular formula is C7H6N2O. The quantitative estimate of drug-likeness (QED) is 0.644. The lowest BCUT2D eigenvalue weighted by Gasteiger charge is -1.83. The zero-order chi connectivity index (χ0) is 6.81. The Kier molecular flexibility index (Phi) is 1.07. The third kappa shape index (κ3) is 0.719. The average molecular weight is 134 g/mol. The molecule has 0 bridgehead atoms. The van der Waals surface area contributed by atoms with Gasteiger partial charge in [0.15, 0.2) is 0 Å². The number of oxazole rings is 1. The highest BCUT2D eigenvalue weighted by Crippen LogP contribution is 2.14. The summed E-state index contributed by atoms with van der Waals surface area (Å²) in [6.45, 7) is 0. The van der Waals surface area contributed by atoms with Crippen LogP contribution in [0.4, 0.5) is 0 Å². The molecule has 3 heteroatoms. The molecular weight excluding hydrogens is 128 g/mol. The van der Waals surface area contributed by atoms with Crippen LogP contribution >= 0.6 is 0 Å². The molecule has 2 rings (SSSR count). The van der Waals surface area contributed by atoms with Crippen LogP contribution in [0, 0.1) is 0 Å². The molecule has 0 aromatic carbocycles. The molecule has 0 fully saturated rings. The molecule has 0 spiro atoms. The number of hydrogen-bond acceptors (Lipinski definition) is 2. The SMILES string of the molecule is c1coc(-c2cc[nH]c2)n1. The number of nitrogens with one attached hydrogen (secondary N) is 1. The Morgan fingerprint density at radius 3 is 3.10 bits per heavy atom. The summed E-state index contributed by atoms with van der Waals surface area (Å²) in [6, 6.07) is 1.91. The summed E-state index contributed by atoms with van der Waals surface area (Å²) in [7, 11) is 0. The van der Waals surface area contributed by atoms with Crippen molar-refractivity contribution in [2.45, 2.75) is 0 Å². The summed E-state index contributed by atoms with van der Waals surface area (Å²) in [5.74, 6) is 0.654. The van der Waals surface area contributed by atoms with E-state index in [9.17, 15) is 0 Å². The molecule has 0 aliphatic carbocycles. The molecule has 0 saturated heterocycles. The first-order valence-electron chi connectivity index (χ1n) is 2.99. The Balaban J connectivity index is 2.48. The zero-order valence-corrected chi connectivity index (χ0v) is 5.24. The van der Waals surface area contributed by atoms with Gasteiger partial charge < -0.3 is 9.40 Å². The molecule has 2 heterocycles. The van der Waals surface area contributed by atoms with Gasteiger partial charge in [-0.05, 0) is 6.07 Å². The van der Waals surface area contributed by atoms with Crippen LogP contribution in [0.25, 0.3) is 11.5 Å². The number of aromatic amines is 1. The molecule has 2 aromatic rings. The van der Waals surface area contributed by atoms with Gasteiger partial charge in [0.05, 0.1) is 11.8 Å². The Labute approximate surface area is 57.7 Å². The Hall–Kier alpha value is -1.51. The van der Waals surface area contributed by atoms with E-state index >= 15 is 0 Å². The van der Waals surface area contributed by atoms with Gasteiger partial charge in [-0.2, -0.15) is 0 Å². The van der Waals surface area contributed by atoms with Gasteiger partial charge in [-0.15, -0.1) is 0 Å². The van der Waals surface area contributed by atoms with Gasteiger partial charge in [0.2, 0.25) is 5.89 Å². The van der Waals surface area contributed by atoms with E-state index in [1.165, 1.54) is 0 Å². The van der Waals surface area contributed by atoms with Gasteiger partial charge in [-0.25, -0.2) is 4.98 Å². The highest BCUT2D eigenvalue weighted by atomic mass is 16.3. The second-order valence-corrected chi connectivity index (χ2v) is 1.94. The van der Waals surface area contributed by atoms with E-state index in [0.29, 0.717) is 5.89 Å². The molecule has 0 amide bonds. The van der Waals surface area contributed by atoms with Gasteiger partial charge in [0.1, 0.15) is 6.26 Å². The maximum absolute atomic E-state index is 5.05. The normalized spacial score (nSPS) is 10.0. The van der Waals surface area contributed by atoms with Crippen molar-refractivity contribution in [1.29, 1.82) is 0 Å². The van der Waals surface area contributed by atoms with Crippen molar-refractivity contribution in [1.82, 2.24) is 9.97 Å². The molecule has 0 aliphatic rings. The molecule has 0 aliphatic heterocycles. The summed E-state index contributed by atoms with van der Waals surface area (Å²) < 4.78 is 5.05. The van der Waals surface area contributed by atoms with E-state index in [2.05, 4.69) is 9.97 Å². The molecule has 10 heavy (non-hydrogen) atoms. The fraction of sp³-hybridized carbons (Fsp3) is 0. The fourth-order valence-corrected chi connectivity index (χ4v) is 0.823. The molecule has 2 aromatic heterocycles. The summed E-state index contributed by atoms with van der Waals surface area (Å²) in [5, 5.41) is 0. The minimum atomic E-state index is 0.654. The van der Waals surface area contributed by atoms with Gasteiger partial charge in [-0.1, -0.05) is 0 Å². The van der Waals surface area contributed by atoms with Crippen molar-refractivity contribution >= 4 is 0 Å². The number of aromatic nitrogens is 2. The van der Waals surface area contributed by atoms with E-state index in [0.717, 1.165) is 5.56 Å². The molecule has 0 atom stereocenters. The first-order valence-corrected chi connectivity index (χ1v) is 2.99. The minimum Gasteiger partial charge on any atom is -0.444 e. The largest absolute Gasteiger partial charge is 0.444 e. The van der Waals surface area contributed by atoms with Crippen LogP contribution < -0.4 is 0 Å². The minimum absolute atomic E-state index is 0.654. The zero-order valence-electron chi connectivity index (χ0n) is 5.24. The van der Waals surface area contributed by atoms with Crippen LogP contribution in [0.15, 0.2) is 35.3 Å². The monoisotopic (exact) mass is 134 g/mol. The maximum atomic E-state index is 5.05. The lowest BCUT2D eigenvalue weighted by atomic mass is 10.3. The van der Waals surface area contributed by atoms with Crippen LogP contribution in [0.5, 0.6) is 0 Å². The highest BCUT2D eigenvalue weighted by Gasteiger charge is 1.99. The standard InChI is InChI=1S/C7H6N2O/c1-2-8-5-6(1)7-9-3-4-10-7/h1-5,8H. The first-order chi connectivity index (χ1) is 4.97. The Bertz CT molecular complexity index is 251. The third-order valence-electron chi connectivity index (χ3n) is 1.28. The topological polar surface area (TPSA) is 41.8 Å². The second kappa shape index (κ2) is 2.02. The number of nitrogens with zero attached hydrogens (tertiary/aromatic N) is 1. The molecule has 0 radical (unpaired) electrons. The summed E-state index contributed by atoms with van der Waals surface area (Å²) in [4.78, 5) is 6.89. The van der Waals surface area contributed by atoms with Crippen molar-refractivity contribution in [2.75, 3.05) is 0 Å². The van der Waals surface area contributed by atoms with Gasteiger partial charge in [-0.3, -0.25) is 0 Å². The highest BCUT2D eigenvalue weighted by molar-refractivity contribution is 5.50. The smallest absolute Gasteiger partial charge is 0.227 e. The summed E-state index contributed by atoms with van der Waals surface area (Å²) in [6.07, 6.45) is 6.86. The van der Waals surface area contributed by atoms with Crippen molar-refractivity contribution in [3.8, 4) is 11.5 Å². The lowest BCUT2D eigenvalue weighted by molar-refractivity contribution is 0.574. The van der Waals surface area contributed by atoms with E-state index in [4.69, 9.17) is 4.42 Å². The van der Waals surface area contributed by atoms with Crippen LogP contribution in [-0.2, 0) is 0 Å². The predicted molar refractivity (Wildman–Crippen MR) is 36.3 cm³/mol. The van der Waals surface area contributed by atoms with Gasteiger partial charge in [0, 0.05) is 12.4 Å². The molecule has 0 unspecified atom stereocenters. The van der Waals surface area contributed by atoms with Crippen LogP contribution in [0.2, 0.25) is 0 Å². The lowest BCUT2D eigenvalue weighted by Crippen LogP contribution is -1.68. The maximum Gasteiger partial charge on any atom is 0.227 e. The van der Waals surface area contributed by atoms with E-state index in [-0.39, 0.29) is 0 Å². The number of rotatable bonds is 1. The third-order valence-corrected chi connectivity index (χ3v) is 1.28. The van der Waals surface area contributed by atoms with Crippen LogP contribution in [0.3, 0.4) is 0 Å². The first kappa shape index (κ1) is 5.29. The average Bonchev–Trinajstić information content (AvgIpc) is 2.59. The molecule has 0 saturated carbocycles. The van der Waals surface area contributed by atoms with E-state index in [1.807, 2.05) is 18.5 Å². The molecule has 3 nitrogen and oxygen atoms in total. The van der Waals surface area contributed by atoms with Crippen molar-refractivity contribution in [2.24, 2.45) is 0 Å². The van der Waals surface area contributed by atoms with Crippen molar-refractivity contribution in [3.63, 3.8) is 0 Å². The molecule has 50 valence electrons. The van der Waals surface area contributed by atoms with Crippen LogP contribution in [0.1, 0.15) is 0 Å². The van der Waals surface area contributed by atoms with Crippen molar-refractivity contribution < 1.29 is 4.42 Å². The summed E-state index contributed by atoms with van der Waals surface area (Å²) in [5.41, 5.74) is 0.977. The Morgan fingerprint density at radius 1 is 1.50 bits per heavy atom. The number of H-pyrrole nitrogens is 1. The number of hydrogen-bond donors (Lipinski definition) is 1. The van der Waals surface area contributed by atoms with E-state index < -0.39 is 0 Å². The molecule has 1 N–H and O–H groups in total. The fourth-order valence-electron chi connectivity index (χ4n) is 0.823. The van der Waals surface area contributed by atoms with Crippen molar-refractivity contribution in [3.05, 3.63) is 30.9 Å². The Morgan fingerprint density at radius 2 is 2.50 bits per heavy atom. The van der Waals surface area contributed by atoms with E-state index in [1.54, 1.807) is 12.5 Å². The second-order valence-electron chi connectivity index (χ2n) is 1.94. The van der Waals surface area contributed by atoms with Gasteiger partial charge >= 0.3 is 0 Å². The predicted octanol–water partition coefficient (Wildman–Crippen LogP) is 1.67.